The number of carboxylic acids is 1. The number of aromatic nitrogens is 1. The third-order valence-corrected chi connectivity index (χ3v) is 2.71. The van der Waals surface area contributed by atoms with Crippen LogP contribution < -0.4 is 0 Å². The fraction of sp³-hybridized carbons (Fsp3) is 0.100. The van der Waals surface area contributed by atoms with E-state index in [0.29, 0.717) is 5.56 Å². The highest BCUT2D eigenvalue weighted by Gasteiger charge is 2.07. The highest BCUT2D eigenvalue weighted by Crippen LogP contribution is 2.23. The van der Waals surface area contributed by atoms with Gasteiger partial charge in [-0.3, -0.25) is 0 Å². The molecule has 1 aromatic heterocycles. The van der Waals surface area contributed by atoms with Crippen molar-refractivity contribution < 1.29 is 9.90 Å². The summed E-state index contributed by atoms with van der Waals surface area (Å²) in [4.78, 5) is 10.8. The zero-order valence-corrected chi connectivity index (χ0v) is 8.84. The van der Waals surface area contributed by atoms with Crippen molar-refractivity contribution in [2.24, 2.45) is 0 Å². The van der Waals surface area contributed by atoms with Gasteiger partial charge in [0.25, 0.3) is 0 Å². The molecule has 0 saturated heterocycles. The van der Waals surface area contributed by atoms with E-state index in [4.69, 9.17) is 5.11 Å². The molecule has 0 saturated carbocycles. The molecule has 0 aliphatic carbocycles. The van der Waals surface area contributed by atoms with Gasteiger partial charge in [-0.15, -0.1) is 0 Å². The standard InChI is InChI=1S/C10H10NO2P/c1-6-5-11(14)9-3-2-7(10(12)13)4-8(6)9/h2-5H,14H2,1H3,(H,12,13). The molecule has 0 aliphatic rings. The Labute approximate surface area is 83.6 Å². The summed E-state index contributed by atoms with van der Waals surface area (Å²) in [7, 11) is 2.57. The summed E-state index contributed by atoms with van der Waals surface area (Å²) in [5.41, 5.74) is 2.44. The molecule has 1 N–H and O–H groups in total. The van der Waals surface area contributed by atoms with Gasteiger partial charge in [0.1, 0.15) is 0 Å². The van der Waals surface area contributed by atoms with E-state index < -0.39 is 5.97 Å². The maximum absolute atomic E-state index is 10.8. The van der Waals surface area contributed by atoms with Crippen molar-refractivity contribution in [1.29, 1.82) is 0 Å². The number of carboxylic acid groups (broad SMARTS) is 1. The average molecular weight is 207 g/mol. The first kappa shape index (κ1) is 9.22. The molecule has 0 spiro atoms. The second-order valence-corrected chi connectivity index (χ2v) is 3.81. The maximum Gasteiger partial charge on any atom is 0.335 e. The molecule has 1 aromatic carbocycles. The number of nitrogens with zero attached hydrogens (tertiary/aromatic N) is 1. The van der Waals surface area contributed by atoms with Gasteiger partial charge in [-0.2, -0.15) is 0 Å². The predicted molar refractivity (Wildman–Crippen MR) is 58.7 cm³/mol. The number of aryl methyl sites for hydroxylation is 1. The lowest BCUT2D eigenvalue weighted by atomic mass is 10.1. The number of fused-ring (bicyclic) bond motifs is 1. The van der Waals surface area contributed by atoms with Crippen LogP contribution in [0.5, 0.6) is 0 Å². The van der Waals surface area contributed by atoms with Gasteiger partial charge in [0.05, 0.1) is 11.1 Å². The van der Waals surface area contributed by atoms with Crippen molar-refractivity contribution in [2.45, 2.75) is 6.92 Å². The minimum absolute atomic E-state index is 0.330. The Hall–Kier alpha value is -1.34. The minimum Gasteiger partial charge on any atom is -0.478 e. The molecular formula is C10H10NO2P. The van der Waals surface area contributed by atoms with Crippen molar-refractivity contribution in [3.05, 3.63) is 35.5 Å². The van der Waals surface area contributed by atoms with Crippen LogP contribution >= 0.6 is 9.39 Å². The van der Waals surface area contributed by atoms with Gasteiger partial charge in [0, 0.05) is 11.6 Å². The second kappa shape index (κ2) is 3.10. The molecule has 2 aromatic rings. The SMILES string of the molecule is Cc1cn(P)c2ccc(C(=O)O)cc12. The quantitative estimate of drug-likeness (QED) is 0.729. The Bertz CT molecular complexity index is 516. The zero-order chi connectivity index (χ0) is 10.3. The highest BCUT2D eigenvalue weighted by atomic mass is 31.0. The van der Waals surface area contributed by atoms with Crippen molar-refractivity contribution in [3.63, 3.8) is 0 Å². The van der Waals surface area contributed by atoms with Gasteiger partial charge < -0.3 is 9.44 Å². The molecule has 14 heavy (non-hydrogen) atoms. The van der Waals surface area contributed by atoms with E-state index in [2.05, 4.69) is 9.39 Å². The van der Waals surface area contributed by atoms with E-state index in [9.17, 15) is 4.79 Å². The van der Waals surface area contributed by atoms with E-state index in [1.165, 1.54) is 0 Å². The maximum atomic E-state index is 10.8. The number of rotatable bonds is 1. The molecule has 2 rings (SSSR count). The Morgan fingerprint density at radius 1 is 1.50 bits per heavy atom. The molecule has 0 aliphatic heterocycles. The molecule has 0 fully saturated rings. The van der Waals surface area contributed by atoms with E-state index >= 15 is 0 Å². The first-order valence-electron chi connectivity index (χ1n) is 4.19. The topological polar surface area (TPSA) is 42.2 Å². The molecular weight excluding hydrogens is 197 g/mol. The van der Waals surface area contributed by atoms with E-state index in [1.54, 1.807) is 12.1 Å². The summed E-state index contributed by atoms with van der Waals surface area (Å²) in [6.07, 6.45) is 1.96. The monoisotopic (exact) mass is 207 g/mol. The molecule has 1 atom stereocenters. The Morgan fingerprint density at radius 3 is 2.86 bits per heavy atom. The largest absolute Gasteiger partial charge is 0.478 e. The fourth-order valence-electron chi connectivity index (χ4n) is 1.56. The Balaban J connectivity index is 2.77. The van der Waals surface area contributed by atoms with Crippen LogP contribution in [0.3, 0.4) is 0 Å². The molecule has 0 bridgehead atoms. The molecule has 1 unspecified atom stereocenters. The predicted octanol–water partition coefficient (Wildman–Crippen LogP) is 2.29. The summed E-state index contributed by atoms with van der Waals surface area (Å²) < 4.78 is 1.91. The second-order valence-electron chi connectivity index (χ2n) is 3.26. The average Bonchev–Trinajstić information content (AvgIpc) is 2.42. The van der Waals surface area contributed by atoms with Gasteiger partial charge in [-0.25, -0.2) is 4.79 Å². The van der Waals surface area contributed by atoms with Crippen molar-refractivity contribution in [3.8, 4) is 0 Å². The van der Waals surface area contributed by atoms with Crippen LogP contribution in [0.2, 0.25) is 0 Å². The smallest absolute Gasteiger partial charge is 0.335 e. The fourth-order valence-corrected chi connectivity index (χ4v) is 2.01. The minimum atomic E-state index is -0.886. The number of aromatic carboxylic acids is 1. The van der Waals surface area contributed by atoms with Crippen LogP contribution in [0.4, 0.5) is 0 Å². The summed E-state index contributed by atoms with van der Waals surface area (Å²) in [6.45, 7) is 1.97. The van der Waals surface area contributed by atoms with Crippen LogP contribution in [0.25, 0.3) is 10.9 Å². The summed E-state index contributed by atoms with van der Waals surface area (Å²) in [6, 6.07) is 5.14. The first-order valence-corrected chi connectivity index (χ1v) is 4.71. The summed E-state index contributed by atoms with van der Waals surface area (Å²) >= 11 is 0. The van der Waals surface area contributed by atoms with Gasteiger partial charge in [-0.1, -0.05) is 0 Å². The highest BCUT2D eigenvalue weighted by molar-refractivity contribution is 7.14. The lowest BCUT2D eigenvalue weighted by Crippen LogP contribution is -1.95. The van der Waals surface area contributed by atoms with Crippen LogP contribution in [-0.2, 0) is 0 Å². The third-order valence-electron chi connectivity index (χ3n) is 2.28. The Kier molecular flexibility index (Phi) is 2.05. The van der Waals surface area contributed by atoms with Crippen molar-refractivity contribution in [2.75, 3.05) is 0 Å². The lowest BCUT2D eigenvalue weighted by Gasteiger charge is -1.97. The van der Waals surface area contributed by atoms with Crippen LogP contribution in [0.1, 0.15) is 15.9 Å². The third kappa shape index (κ3) is 1.30. The first-order chi connectivity index (χ1) is 6.59. The zero-order valence-electron chi connectivity index (χ0n) is 7.69. The van der Waals surface area contributed by atoms with E-state index in [-0.39, 0.29) is 0 Å². The number of hydrogen-bond donors (Lipinski definition) is 1. The van der Waals surface area contributed by atoms with Crippen LogP contribution in [0, 0.1) is 6.92 Å². The van der Waals surface area contributed by atoms with E-state index in [1.807, 2.05) is 23.5 Å². The van der Waals surface area contributed by atoms with Gasteiger partial charge >= 0.3 is 5.97 Å². The summed E-state index contributed by atoms with van der Waals surface area (Å²) in [5.74, 6) is -0.886. The molecule has 4 heteroatoms. The van der Waals surface area contributed by atoms with E-state index in [0.717, 1.165) is 16.5 Å². The molecule has 72 valence electrons. The van der Waals surface area contributed by atoms with Gasteiger partial charge in [0.15, 0.2) is 0 Å². The number of carbonyl (C=O) groups is 1. The van der Waals surface area contributed by atoms with Gasteiger partial charge in [-0.05, 0) is 40.1 Å². The molecule has 0 amide bonds. The van der Waals surface area contributed by atoms with Crippen LogP contribution in [-0.4, -0.2) is 15.4 Å². The van der Waals surface area contributed by atoms with Crippen LogP contribution in [0.15, 0.2) is 24.4 Å². The Morgan fingerprint density at radius 2 is 2.21 bits per heavy atom. The van der Waals surface area contributed by atoms with Gasteiger partial charge in [0.2, 0.25) is 0 Å². The molecule has 1 heterocycles. The summed E-state index contributed by atoms with van der Waals surface area (Å²) in [5, 5.41) is 9.82. The van der Waals surface area contributed by atoms with Crippen molar-refractivity contribution in [1.82, 2.24) is 4.34 Å². The number of hydrogen-bond acceptors (Lipinski definition) is 1. The molecule has 0 radical (unpaired) electrons. The number of benzene rings is 1. The lowest BCUT2D eigenvalue weighted by molar-refractivity contribution is 0.0697. The normalized spacial score (nSPS) is 10.7. The van der Waals surface area contributed by atoms with Crippen molar-refractivity contribution >= 4 is 26.3 Å². The molecule has 3 nitrogen and oxygen atoms in total.